The Hall–Kier alpha value is -3.65. The first kappa shape index (κ1) is 26.9. The van der Waals surface area contributed by atoms with E-state index in [2.05, 4.69) is 5.32 Å². The summed E-state index contributed by atoms with van der Waals surface area (Å²) in [6.07, 6.45) is 0. The fourth-order valence-corrected chi connectivity index (χ4v) is 5.34. The lowest BCUT2D eigenvalue weighted by Gasteiger charge is -2.32. The summed E-state index contributed by atoms with van der Waals surface area (Å²) in [6.45, 7) is 6.87. The van der Waals surface area contributed by atoms with Gasteiger partial charge in [-0.1, -0.05) is 66.7 Å². The van der Waals surface area contributed by atoms with Crippen molar-refractivity contribution < 1.29 is 18.0 Å². The maximum atomic E-state index is 13.8. The first-order chi connectivity index (χ1) is 17.1. The highest BCUT2D eigenvalue weighted by Gasteiger charge is 2.33. The van der Waals surface area contributed by atoms with Gasteiger partial charge in [-0.3, -0.25) is 13.9 Å². The van der Waals surface area contributed by atoms with Crippen molar-refractivity contribution in [1.29, 1.82) is 0 Å². The second-order valence-corrected chi connectivity index (χ2v) is 10.8. The lowest BCUT2D eigenvalue weighted by molar-refractivity contribution is -0.139. The number of carbonyl (C=O) groups excluding carboxylic acids is 2. The summed E-state index contributed by atoms with van der Waals surface area (Å²) in [7, 11) is -4.06. The first-order valence-corrected chi connectivity index (χ1v) is 13.3. The molecule has 1 atom stereocenters. The minimum absolute atomic E-state index is 0.0845. The third-order valence-electron chi connectivity index (χ3n) is 5.79. The molecule has 7 nitrogen and oxygen atoms in total. The summed E-state index contributed by atoms with van der Waals surface area (Å²) in [5.41, 5.74) is 1.96. The van der Waals surface area contributed by atoms with Gasteiger partial charge >= 0.3 is 0 Å². The largest absolute Gasteiger partial charge is 0.352 e. The summed E-state index contributed by atoms with van der Waals surface area (Å²) in [5.74, 6) is -0.782. The van der Waals surface area contributed by atoms with Gasteiger partial charge in [-0.25, -0.2) is 8.42 Å². The smallest absolute Gasteiger partial charge is 0.264 e. The molecular weight excluding hydrogens is 474 g/mol. The van der Waals surface area contributed by atoms with Crippen molar-refractivity contribution in [3.05, 3.63) is 96.1 Å². The number of amides is 2. The Morgan fingerprint density at radius 2 is 1.39 bits per heavy atom. The van der Waals surface area contributed by atoms with Gasteiger partial charge in [-0.15, -0.1) is 0 Å². The molecule has 2 amide bonds. The predicted molar refractivity (Wildman–Crippen MR) is 142 cm³/mol. The van der Waals surface area contributed by atoms with Crippen LogP contribution in [0.4, 0.5) is 5.69 Å². The zero-order chi connectivity index (χ0) is 26.3. The SMILES string of the molecule is Cc1ccccc1N(CC(=O)N(Cc1ccccc1)[C@H](C)C(=O)NC(C)C)S(=O)(=O)c1ccccc1. The van der Waals surface area contributed by atoms with Crippen LogP contribution in [0.25, 0.3) is 0 Å². The number of nitrogens with zero attached hydrogens (tertiary/aromatic N) is 2. The van der Waals surface area contributed by atoms with E-state index in [1.807, 2.05) is 50.2 Å². The molecule has 0 unspecified atom stereocenters. The topological polar surface area (TPSA) is 86.8 Å². The minimum atomic E-state index is -4.06. The number of rotatable bonds is 10. The fourth-order valence-electron chi connectivity index (χ4n) is 3.84. The number of aryl methyl sites for hydroxylation is 1. The number of anilines is 1. The van der Waals surface area contributed by atoms with Gasteiger partial charge in [0, 0.05) is 12.6 Å². The van der Waals surface area contributed by atoms with Crippen molar-refractivity contribution in [2.45, 2.75) is 51.2 Å². The number of carbonyl (C=O) groups is 2. The highest BCUT2D eigenvalue weighted by Crippen LogP contribution is 2.27. The third-order valence-corrected chi connectivity index (χ3v) is 7.56. The van der Waals surface area contributed by atoms with Crippen LogP contribution < -0.4 is 9.62 Å². The van der Waals surface area contributed by atoms with Gasteiger partial charge in [0.2, 0.25) is 11.8 Å². The van der Waals surface area contributed by atoms with E-state index in [0.717, 1.165) is 9.87 Å². The molecule has 36 heavy (non-hydrogen) atoms. The van der Waals surface area contributed by atoms with Gasteiger partial charge in [0.1, 0.15) is 12.6 Å². The molecule has 190 valence electrons. The molecule has 0 heterocycles. The van der Waals surface area contributed by atoms with E-state index in [1.165, 1.54) is 17.0 Å². The van der Waals surface area contributed by atoms with Crippen LogP contribution in [0, 0.1) is 6.92 Å². The molecule has 0 saturated carbocycles. The van der Waals surface area contributed by atoms with E-state index >= 15 is 0 Å². The van der Waals surface area contributed by atoms with Gasteiger partial charge in [0.15, 0.2) is 0 Å². The van der Waals surface area contributed by atoms with E-state index in [9.17, 15) is 18.0 Å². The second-order valence-electron chi connectivity index (χ2n) is 8.96. The average molecular weight is 508 g/mol. The zero-order valence-corrected chi connectivity index (χ0v) is 21.9. The number of nitrogens with one attached hydrogen (secondary N) is 1. The first-order valence-electron chi connectivity index (χ1n) is 11.9. The molecule has 3 aromatic carbocycles. The maximum absolute atomic E-state index is 13.8. The number of sulfonamides is 1. The van der Waals surface area contributed by atoms with Crippen molar-refractivity contribution in [1.82, 2.24) is 10.2 Å². The van der Waals surface area contributed by atoms with Gasteiger partial charge in [0.05, 0.1) is 10.6 Å². The Balaban J connectivity index is 2.02. The lowest BCUT2D eigenvalue weighted by atomic mass is 10.1. The second kappa shape index (κ2) is 11.9. The van der Waals surface area contributed by atoms with Crippen LogP contribution in [-0.4, -0.2) is 43.8 Å². The van der Waals surface area contributed by atoms with Crippen LogP contribution >= 0.6 is 0 Å². The van der Waals surface area contributed by atoms with E-state index in [0.29, 0.717) is 11.3 Å². The van der Waals surface area contributed by atoms with Crippen LogP contribution in [0.3, 0.4) is 0 Å². The molecule has 0 aliphatic rings. The van der Waals surface area contributed by atoms with Gasteiger partial charge in [0.25, 0.3) is 10.0 Å². The number of hydrogen-bond acceptors (Lipinski definition) is 4. The van der Waals surface area contributed by atoms with Gasteiger partial charge in [-0.2, -0.15) is 0 Å². The molecule has 0 radical (unpaired) electrons. The van der Waals surface area contributed by atoms with Crippen LogP contribution in [0.2, 0.25) is 0 Å². The zero-order valence-electron chi connectivity index (χ0n) is 21.1. The van der Waals surface area contributed by atoms with E-state index in [4.69, 9.17) is 0 Å². The molecule has 0 aromatic heterocycles. The molecule has 0 spiro atoms. The fraction of sp³-hybridized carbons (Fsp3) is 0.286. The molecule has 0 bridgehead atoms. The minimum Gasteiger partial charge on any atom is -0.352 e. The Bertz CT molecular complexity index is 1280. The monoisotopic (exact) mass is 507 g/mol. The highest BCUT2D eigenvalue weighted by atomic mass is 32.2. The van der Waals surface area contributed by atoms with Crippen LogP contribution in [0.15, 0.2) is 89.8 Å². The number of hydrogen-bond donors (Lipinski definition) is 1. The Kier molecular flexibility index (Phi) is 8.88. The quantitative estimate of drug-likeness (QED) is 0.447. The molecule has 3 aromatic rings. The molecule has 3 rings (SSSR count). The van der Waals surface area contributed by atoms with E-state index in [-0.39, 0.29) is 23.4 Å². The van der Waals surface area contributed by atoms with Gasteiger partial charge in [-0.05, 0) is 57.0 Å². The van der Waals surface area contributed by atoms with Crippen molar-refractivity contribution in [2.24, 2.45) is 0 Å². The average Bonchev–Trinajstić information content (AvgIpc) is 2.86. The van der Waals surface area contributed by atoms with Crippen LogP contribution in [0.5, 0.6) is 0 Å². The Labute approximate surface area is 213 Å². The lowest BCUT2D eigenvalue weighted by Crippen LogP contribution is -2.52. The Morgan fingerprint density at radius 3 is 1.97 bits per heavy atom. The molecular formula is C28H33N3O4S. The molecule has 8 heteroatoms. The summed E-state index contributed by atoms with van der Waals surface area (Å²) < 4.78 is 28.6. The summed E-state index contributed by atoms with van der Waals surface area (Å²) >= 11 is 0. The van der Waals surface area contributed by atoms with E-state index in [1.54, 1.807) is 50.2 Å². The molecule has 0 aliphatic heterocycles. The summed E-state index contributed by atoms with van der Waals surface area (Å²) in [6, 6.07) is 23.5. The van der Waals surface area contributed by atoms with Crippen molar-refractivity contribution in [3.8, 4) is 0 Å². The highest BCUT2D eigenvalue weighted by molar-refractivity contribution is 7.92. The summed E-state index contributed by atoms with van der Waals surface area (Å²) in [5, 5.41) is 2.85. The van der Waals surface area contributed by atoms with Crippen molar-refractivity contribution in [2.75, 3.05) is 10.8 Å². The Morgan fingerprint density at radius 1 is 0.833 bits per heavy atom. The van der Waals surface area contributed by atoms with Crippen LogP contribution in [-0.2, 0) is 26.2 Å². The number of para-hydroxylation sites is 1. The predicted octanol–water partition coefficient (Wildman–Crippen LogP) is 4.13. The van der Waals surface area contributed by atoms with E-state index < -0.39 is 28.5 Å². The van der Waals surface area contributed by atoms with Crippen molar-refractivity contribution in [3.63, 3.8) is 0 Å². The standard InChI is InChI=1S/C28H33N3O4S/c1-21(2)29-28(33)23(4)30(19-24-14-7-5-8-15-24)27(32)20-31(26-18-12-11-13-22(26)3)36(34,35)25-16-9-6-10-17-25/h5-18,21,23H,19-20H2,1-4H3,(H,29,33)/t23-/m1/s1. The maximum Gasteiger partial charge on any atom is 0.264 e. The van der Waals surface area contributed by atoms with Gasteiger partial charge < -0.3 is 10.2 Å². The third kappa shape index (κ3) is 6.51. The number of benzene rings is 3. The van der Waals surface area contributed by atoms with Crippen LogP contribution in [0.1, 0.15) is 31.9 Å². The molecule has 1 N–H and O–H groups in total. The molecule has 0 saturated heterocycles. The molecule has 0 fully saturated rings. The normalized spacial score (nSPS) is 12.1. The summed E-state index contributed by atoms with van der Waals surface area (Å²) in [4.78, 5) is 28.2. The van der Waals surface area contributed by atoms with Crippen molar-refractivity contribution >= 4 is 27.5 Å². The molecule has 0 aliphatic carbocycles.